The Bertz CT molecular complexity index is 1590. The molecule has 0 aliphatic carbocycles. The third-order valence-electron chi connectivity index (χ3n) is 6.31. The van der Waals surface area contributed by atoms with Gasteiger partial charge in [-0.15, -0.1) is 11.3 Å². The Balaban J connectivity index is 1.48. The molecule has 4 aromatic carbocycles. The van der Waals surface area contributed by atoms with E-state index in [9.17, 15) is 9.59 Å². The van der Waals surface area contributed by atoms with Gasteiger partial charge in [0, 0.05) is 0 Å². The van der Waals surface area contributed by atoms with Gasteiger partial charge in [-0.3, -0.25) is 0 Å². The predicted octanol–water partition coefficient (Wildman–Crippen LogP) is 7.78. The summed E-state index contributed by atoms with van der Waals surface area (Å²) in [5.74, 6) is 0.249. The highest BCUT2D eigenvalue weighted by atomic mass is 32.1. The van der Waals surface area contributed by atoms with E-state index in [-0.39, 0.29) is 5.75 Å². The summed E-state index contributed by atoms with van der Waals surface area (Å²) in [4.78, 5) is 30.6. The normalized spacial score (nSPS) is 11.1. The smallest absolute Gasteiger partial charge is 0.343 e. The highest BCUT2D eigenvalue weighted by Gasteiger charge is 2.19. The van der Waals surface area contributed by atoms with Crippen molar-refractivity contribution in [1.82, 2.24) is 4.98 Å². The van der Waals surface area contributed by atoms with Crippen LogP contribution in [0.15, 0.2) is 84.9 Å². The number of thiazole rings is 1. The summed E-state index contributed by atoms with van der Waals surface area (Å²) in [6, 6.07) is 25.3. The number of benzene rings is 4. The maximum absolute atomic E-state index is 12.9. The van der Waals surface area contributed by atoms with Crippen LogP contribution in [-0.4, -0.2) is 24.0 Å². The minimum atomic E-state index is -0.519. The van der Waals surface area contributed by atoms with E-state index < -0.39 is 11.9 Å². The molecule has 200 valence electrons. The first-order valence-electron chi connectivity index (χ1n) is 12.8. The van der Waals surface area contributed by atoms with Gasteiger partial charge in [0.25, 0.3) is 0 Å². The van der Waals surface area contributed by atoms with Gasteiger partial charge in [-0.25, -0.2) is 14.6 Å². The predicted molar refractivity (Wildman–Crippen MR) is 158 cm³/mol. The van der Waals surface area contributed by atoms with Crippen molar-refractivity contribution in [2.45, 2.75) is 20.3 Å². The minimum absolute atomic E-state index is 0.287. The maximum atomic E-state index is 12.9. The van der Waals surface area contributed by atoms with Crippen molar-refractivity contribution in [2.75, 3.05) is 7.11 Å². The first-order valence-corrected chi connectivity index (χ1v) is 13.6. The van der Waals surface area contributed by atoms with Crippen LogP contribution in [0.25, 0.3) is 22.4 Å². The van der Waals surface area contributed by atoms with Crippen molar-refractivity contribution in [3.05, 3.63) is 118 Å². The van der Waals surface area contributed by atoms with E-state index >= 15 is 0 Å². The van der Waals surface area contributed by atoms with Gasteiger partial charge in [0.1, 0.15) is 21.0 Å². The van der Waals surface area contributed by atoms with Crippen LogP contribution >= 0.6 is 11.3 Å². The standard InChI is InChI=1S/C33H27NO5S/c1-4-22-9-12-24(13-10-22)32(35)38-27-18-19-28(39-33(36)25-14-16-26(37-3)17-15-25)31-30(27)34-29(40-31)20-11-23-7-5-21(2)6-8-23/h5-20H,4H2,1-3H3/b20-11+. The van der Waals surface area contributed by atoms with Gasteiger partial charge in [-0.05, 0) is 79.1 Å². The van der Waals surface area contributed by atoms with E-state index in [0.717, 1.165) is 17.5 Å². The Morgan fingerprint density at radius 1 is 0.775 bits per heavy atom. The molecule has 0 saturated carbocycles. The summed E-state index contributed by atoms with van der Waals surface area (Å²) in [5.41, 5.74) is 4.59. The van der Waals surface area contributed by atoms with Crippen LogP contribution in [0.4, 0.5) is 0 Å². The van der Waals surface area contributed by atoms with Crippen molar-refractivity contribution in [2.24, 2.45) is 0 Å². The topological polar surface area (TPSA) is 74.7 Å². The number of fused-ring (bicyclic) bond motifs is 1. The van der Waals surface area contributed by atoms with Crippen molar-refractivity contribution in [3.63, 3.8) is 0 Å². The van der Waals surface area contributed by atoms with Gasteiger partial charge in [-0.1, -0.05) is 55.0 Å². The average molecular weight is 550 g/mol. The molecule has 40 heavy (non-hydrogen) atoms. The number of hydrogen-bond acceptors (Lipinski definition) is 7. The number of rotatable bonds is 8. The number of esters is 2. The Hall–Kier alpha value is -4.75. The van der Waals surface area contributed by atoms with Crippen LogP contribution in [0.3, 0.4) is 0 Å². The summed E-state index contributed by atoms with van der Waals surface area (Å²) in [6.07, 6.45) is 4.73. The molecule has 0 N–H and O–H groups in total. The lowest BCUT2D eigenvalue weighted by atomic mass is 10.1. The first-order chi connectivity index (χ1) is 19.4. The largest absolute Gasteiger partial charge is 0.497 e. The quantitative estimate of drug-likeness (QED) is 0.145. The maximum Gasteiger partial charge on any atom is 0.343 e. The molecule has 0 spiro atoms. The molecule has 0 aliphatic heterocycles. The van der Waals surface area contributed by atoms with Gasteiger partial charge < -0.3 is 14.2 Å². The summed E-state index contributed by atoms with van der Waals surface area (Å²) in [5, 5.41) is 0.674. The van der Waals surface area contributed by atoms with Crippen LogP contribution in [-0.2, 0) is 6.42 Å². The summed E-state index contributed by atoms with van der Waals surface area (Å²) < 4.78 is 17.3. The second-order valence-electron chi connectivity index (χ2n) is 9.09. The number of aryl methyl sites for hydroxylation is 2. The fourth-order valence-electron chi connectivity index (χ4n) is 3.98. The lowest BCUT2D eigenvalue weighted by molar-refractivity contribution is 0.0723. The monoisotopic (exact) mass is 549 g/mol. The van der Waals surface area contributed by atoms with Gasteiger partial charge in [-0.2, -0.15) is 0 Å². The van der Waals surface area contributed by atoms with Gasteiger partial charge in [0.2, 0.25) is 0 Å². The molecule has 5 rings (SSSR count). The zero-order valence-corrected chi connectivity index (χ0v) is 23.2. The molecule has 7 heteroatoms. The molecule has 0 saturated heterocycles. The van der Waals surface area contributed by atoms with Gasteiger partial charge in [0.05, 0.1) is 18.2 Å². The summed E-state index contributed by atoms with van der Waals surface area (Å²) in [7, 11) is 1.56. The molecule has 0 radical (unpaired) electrons. The van der Waals surface area contributed by atoms with Crippen LogP contribution < -0.4 is 14.2 Å². The Morgan fingerprint density at radius 2 is 1.38 bits per heavy atom. The number of carbonyl (C=O) groups excluding carboxylic acids is 2. The molecular weight excluding hydrogens is 522 g/mol. The second-order valence-corrected chi connectivity index (χ2v) is 10.1. The van der Waals surface area contributed by atoms with Gasteiger partial charge in [0.15, 0.2) is 11.5 Å². The Kier molecular flexibility index (Phi) is 8.03. The second kappa shape index (κ2) is 12.0. The number of methoxy groups -OCH3 is 1. The number of carbonyl (C=O) groups is 2. The van der Waals surface area contributed by atoms with E-state index in [1.807, 2.05) is 55.5 Å². The highest BCUT2D eigenvalue weighted by Crippen LogP contribution is 2.38. The van der Waals surface area contributed by atoms with E-state index in [2.05, 4.69) is 6.92 Å². The third kappa shape index (κ3) is 6.11. The third-order valence-corrected chi connectivity index (χ3v) is 7.35. The highest BCUT2D eigenvalue weighted by molar-refractivity contribution is 7.19. The van der Waals surface area contributed by atoms with Crippen molar-refractivity contribution in [1.29, 1.82) is 0 Å². The molecule has 0 fully saturated rings. The molecule has 1 aromatic heterocycles. The fourth-order valence-corrected chi connectivity index (χ4v) is 4.91. The molecule has 0 unspecified atom stereocenters. The molecule has 1 heterocycles. The van der Waals surface area contributed by atoms with Crippen LogP contribution in [0, 0.1) is 6.92 Å². The van der Waals surface area contributed by atoms with Crippen LogP contribution in [0.5, 0.6) is 17.2 Å². The summed E-state index contributed by atoms with van der Waals surface area (Å²) in [6.45, 7) is 4.09. The van der Waals surface area contributed by atoms with E-state index in [1.165, 1.54) is 16.9 Å². The Labute approximate surface area is 236 Å². The number of nitrogens with zero attached hydrogens (tertiary/aromatic N) is 1. The molecule has 0 atom stereocenters. The molecule has 0 bridgehead atoms. The summed E-state index contributed by atoms with van der Waals surface area (Å²) >= 11 is 1.35. The zero-order chi connectivity index (χ0) is 28.1. The average Bonchev–Trinajstić information content (AvgIpc) is 3.43. The van der Waals surface area contributed by atoms with Gasteiger partial charge >= 0.3 is 11.9 Å². The number of ether oxygens (including phenoxy) is 3. The lowest BCUT2D eigenvalue weighted by Crippen LogP contribution is -2.10. The van der Waals surface area contributed by atoms with E-state index in [0.29, 0.717) is 37.9 Å². The lowest BCUT2D eigenvalue weighted by Gasteiger charge is -2.09. The Morgan fingerprint density at radius 3 is 2.00 bits per heavy atom. The molecular formula is C33H27NO5S. The van der Waals surface area contributed by atoms with Crippen LogP contribution in [0.2, 0.25) is 0 Å². The van der Waals surface area contributed by atoms with Crippen LogP contribution in [0.1, 0.15) is 49.3 Å². The molecule has 0 aliphatic rings. The minimum Gasteiger partial charge on any atom is -0.497 e. The van der Waals surface area contributed by atoms with Crippen molar-refractivity contribution >= 4 is 45.6 Å². The first kappa shape index (κ1) is 26.8. The SMILES string of the molecule is CCc1ccc(C(=O)Oc2ccc(OC(=O)c3ccc(OC)cc3)c3sc(/C=C/c4ccc(C)cc4)nc23)cc1. The molecule has 5 aromatic rings. The van der Waals surface area contributed by atoms with E-state index in [4.69, 9.17) is 19.2 Å². The van der Waals surface area contributed by atoms with Crippen molar-refractivity contribution in [3.8, 4) is 17.2 Å². The molecule has 6 nitrogen and oxygen atoms in total. The number of hydrogen-bond donors (Lipinski definition) is 0. The zero-order valence-electron chi connectivity index (χ0n) is 22.3. The number of aromatic nitrogens is 1. The van der Waals surface area contributed by atoms with E-state index in [1.54, 1.807) is 55.6 Å². The molecule has 0 amide bonds. The fraction of sp³-hybridized carbons (Fsp3) is 0.121. The van der Waals surface area contributed by atoms with Crippen molar-refractivity contribution < 1.29 is 23.8 Å².